The van der Waals surface area contributed by atoms with E-state index in [1.54, 1.807) is 24.3 Å². The molecule has 1 rings (SSSR count). The molecule has 0 amide bonds. The second-order valence-corrected chi connectivity index (χ2v) is 1.34. The molecule has 0 spiro atoms. The number of phenolic OH excluding ortho intramolecular Hbond substituents is 1. The van der Waals surface area contributed by atoms with Crippen LogP contribution >= 0.6 is 24.8 Å². The molecule has 10 heavy (non-hydrogen) atoms. The van der Waals surface area contributed by atoms with Gasteiger partial charge in [-0.25, -0.2) is 0 Å². The largest absolute Gasteiger partial charge is 0.508 e. The van der Waals surface area contributed by atoms with Crippen molar-refractivity contribution in [3.05, 3.63) is 30.3 Å². The number of rotatable bonds is 0. The van der Waals surface area contributed by atoms with Crippen molar-refractivity contribution in [2.75, 3.05) is 0 Å². The van der Waals surface area contributed by atoms with Crippen LogP contribution < -0.4 is 0 Å². The first-order valence-electron chi connectivity index (χ1n) is 2.13. The van der Waals surface area contributed by atoms with Crippen LogP contribution in [0, 0.1) is 0 Å². The monoisotopic (exact) mass is 196 g/mol. The van der Waals surface area contributed by atoms with Gasteiger partial charge in [0.05, 0.1) is 0 Å². The van der Waals surface area contributed by atoms with Crippen molar-refractivity contribution >= 4 is 42.2 Å². The summed E-state index contributed by atoms with van der Waals surface area (Å²) in [4.78, 5) is 0. The molecule has 0 fully saturated rings. The predicted molar refractivity (Wildman–Crippen MR) is 52.5 cm³/mol. The maximum atomic E-state index is 8.63. The minimum Gasteiger partial charge on any atom is -0.508 e. The molecular weight excluding hydrogens is 186 g/mol. The molecule has 0 aliphatic carbocycles. The Morgan fingerprint density at radius 2 is 1.30 bits per heavy atom. The van der Waals surface area contributed by atoms with E-state index in [-0.39, 0.29) is 42.2 Å². The summed E-state index contributed by atoms with van der Waals surface area (Å²) in [5, 5.41) is 8.63. The molecule has 58 valence electrons. The number of phenols is 1. The maximum absolute atomic E-state index is 8.63. The Morgan fingerprint density at radius 3 is 1.50 bits per heavy atom. The molecule has 0 aromatic heterocycles. The zero-order chi connectivity index (χ0) is 5.11. The van der Waals surface area contributed by atoms with Gasteiger partial charge in [-0.3, -0.25) is 0 Å². The summed E-state index contributed by atoms with van der Waals surface area (Å²) in [7, 11) is 0. The molecule has 1 aromatic carbocycles. The van der Waals surface area contributed by atoms with E-state index in [1.165, 1.54) is 0 Å². The smallest absolute Gasteiger partial charge is 0.187 e. The molecular formula is C6H11AlCl2O. The van der Waals surface area contributed by atoms with Crippen LogP contribution in [-0.2, 0) is 0 Å². The van der Waals surface area contributed by atoms with E-state index in [2.05, 4.69) is 0 Å². The van der Waals surface area contributed by atoms with E-state index in [1.807, 2.05) is 6.07 Å². The molecule has 0 saturated heterocycles. The molecule has 0 heterocycles. The second-order valence-electron chi connectivity index (χ2n) is 1.34. The second kappa shape index (κ2) is 9.13. The summed E-state index contributed by atoms with van der Waals surface area (Å²) < 4.78 is 0. The van der Waals surface area contributed by atoms with Crippen LogP contribution in [0.4, 0.5) is 0 Å². The van der Waals surface area contributed by atoms with Gasteiger partial charge in [0, 0.05) is 0 Å². The Balaban J connectivity index is -0.000000163. The molecule has 1 aromatic rings. The average Bonchev–Trinajstić information content (AvgIpc) is 1.69. The van der Waals surface area contributed by atoms with Gasteiger partial charge in [-0.1, -0.05) is 18.2 Å². The predicted octanol–water partition coefficient (Wildman–Crippen LogP) is 1.05. The van der Waals surface area contributed by atoms with Crippen molar-refractivity contribution in [1.82, 2.24) is 0 Å². The van der Waals surface area contributed by atoms with Crippen LogP contribution in [-0.4, -0.2) is 22.5 Å². The zero-order valence-electron chi connectivity index (χ0n) is 4.65. The fraction of sp³-hybridized carbons (Fsp3) is 0. The van der Waals surface area contributed by atoms with Gasteiger partial charge < -0.3 is 5.11 Å². The van der Waals surface area contributed by atoms with Crippen LogP contribution in [0.2, 0.25) is 0 Å². The van der Waals surface area contributed by atoms with Gasteiger partial charge in [0.2, 0.25) is 0 Å². The lowest BCUT2D eigenvalue weighted by atomic mass is 10.3. The molecule has 4 heteroatoms. The highest BCUT2D eigenvalue weighted by Gasteiger charge is 1.74. The van der Waals surface area contributed by atoms with Crippen LogP contribution in [0.3, 0.4) is 0 Å². The van der Waals surface area contributed by atoms with Crippen LogP contribution in [0.25, 0.3) is 0 Å². The van der Waals surface area contributed by atoms with Gasteiger partial charge in [0.15, 0.2) is 17.4 Å². The standard InChI is InChI=1S/C6H6O.Al.2ClH.3H/c7-6-4-2-1-3-5-6;;;;;;/h1-5,7H;;2*1H;;;. The van der Waals surface area contributed by atoms with Gasteiger partial charge in [-0.05, 0) is 12.1 Å². The topological polar surface area (TPSA) is 20.2 Å². The van der Waals surface area contributed by atoms with Crippen LogP contribution in [0.5, 0.6) is 5.75 Å². The Bertz CT molecular complexity index is 146. The molecule has 1 N–H and O–H groups in total. The number of hydrogen-bond acceptors (Lipinski definition) is 1. The summed E-state index contributed by atoms with van der Waals surface area (Å²) in [6, 6.07) is 8.71. The highest BCUT2D eigenvalue weighted by atomic mass is 35.5. The maximum Gasteiger partial charge on any atom is 0.187 e. The lowest BCUT2D eigenvalue weighted by Crippen LogP contribution is -1.56. The Hall–Kier alpha value is 0.132. The third kappa shape index (κ3) is 6.26. The fourth-order valence-electron chi connectivity index (χ4n) is 0.428. The van der Waals surface area contributed by atoms with Gasteiger partial charge in [-0.15, -0.1) is 24.8 Å². The summed E-state index contributed by atoms with van der Waals surface area (Å²) in [6.07, 6.45) is 0. The highest BCUT2D eigenvalue weighted by Crippen LogP contribution is 2.02. The van der Waals surface area contributed by atoms with E-state index < -0.39 is 0 Å². The number of benzene rings is 1. The minimum absolute atomic E-state index is 0. The van der Waals surface area contributed by atoms with Gasteiger partial charge in [0.1, 0.15) is 5.75 Å². The SMILES string of the molecule is Cl.Cl.Oc1ccccc1.[AlH3]. The van der Waals surface area contributed by atoms with E-state index in [9.17, 15) is 0 Å². The molecule has 0 radical (unpaired) electrons. The lowest BCUT2D eigenvalue weighted by Gasteiger charge is -1.82. The van der Waals surface area contributed by atoms with E-state index >= 15 is 0 Å². The first-order chi connectivity index (χ1) is 3.39. The van der Waals surface area contributed by atoms with E-state index in [0.717, 1.165) is 0 Å². The Labute approximate surface area is 83.4 Å². The molecule has 1 nitrogen and oxygen atoms in total. The summed E-state index contributed by atoms with van der Waals surface area (Å²) in [5.41, 5.74) is 0. The third-order valence-electron chi connectivity index (χ3n) is 0.756. The first kappa shape index (κ1) is 16.6. The number of aromatic hydroxyl groups is 1. The first-order valence-corrected chi connectivity index (χ1v) is 2.13. The summed E-state index contributed by atoms with van der Waals surface area (Å²) >= 11 is 0. The quantitative estimate of drug-likeness (QED) is 0.616. The molecule has 0 saturated carbocycles. The molecule has 0 atom stereocenters. The van der Waals surface area contributed by atoms with Crippen molar-refractivity contribution in [1.29, 1.82) is 0 Å². The van der Waals surface area contributed by atoms with Crippen molar-refractivity contribution < 1.29 is 5.11 Å². The number of para-hydroxylation sites is 1. The average molecular weight is 197 g/mol. The summed E-state index contributed by atoms with van der Waals surface area (Å²) in [5.74, 6) is 0.322. The highest BCUT2D eigenvalue weighted by molar-refractivity contribution is 5.85. The van der Waals surface area contributed by atoms with Crippen LogP contribution in [0.15, 0.2) is 30.3 Å². The Morgan fingerprint density at radius 1 is 0.900 bits per heavy atom. The molecule has 0 bridgehead atoms. The fourth-order valence-corrected chi connectivity index (χ4v) is 0.428. The molecule has 0 aliphatic heterocycles. The van der Waals surface area contributed by atoms with E-state index in [4.69, 9.17) is 5.11 Å². The van der Waals surface area contributed by atoms with Gasteiger partial charge >= 0.3 is 0 Å². The van der Waals surface area contributed by atoms with Crippen molar-refractivity contribution in [3.8, 4) is 5.75 Å². The molecule has 0 aliphatic rings. The normalized spacial score (nSPS) is 6.00. The number of hydrogen-bond donors (Lipinski definition) is 1. The van der Waals surface area contributed by atoms with Crippen LogP contribution in [0.1, 0.15) is 0 Å². The van der Waals surface area contributed by atoms with Gasteiger partial charge in [-0.2, -0.15) is 0 Å². The van der Waals surface area contributed by atoms with Crippen molar-refractivity contribution in [3.63, 3.8) is 0 Å². The zero-order valence-corrected chi connectivity index (χ0v) is 6.28. The minimum atomic E-state index is 0. The third-order valence-corrected chi connectivity index (χ3v) is 0.756. The van der Waals surface area contributed by atoms with Gasteiger partial charge in [0.25, 0.3) is 0 Å². The lowest BCUT2D eigenvalue weighted by molar-refractivity contribution is 0.475. The number of halogens is 2. The van der Waals surface area contributed by atoms with Crippen molar-refractivity contribution in [2.45, 2.75) is 0 Å². The van der Waals surface area contributed by atoms with Crippen molar-refractivity contribution in [2.24, 2.45) is 0 Å². The summed E-state index contributed by atoms with van der Waals surface area (Å²) in [6.45, 7) is 0. The Kier molecular flexibility index (Phi) is 15.2. The molecule has 0 unspecified atom stereocenters. The van der Waals surface area contributed by atoms with E-state index in [0.29, 0.717) is 5.75 Å².